The van der Waals surface area contributed by atoms with Gasteiger partial charge in [-0.15, -0.1) is 0 Å². The van der Waals surface area contributed by atoms with Crippen LogP contribution < -0.4 is 20.5 Å². The Morgan fingerprint density at radius 3 is 2.88 bits per heavy atom. The van der Waals surface area contributed by atoms with Gasteiger partial charge >= 0.3 is 6.09 Å². The fraction of sp³-hybridized carbons (Fsp3) is 0.500. The Bertz CT molecular complexity index is 663. The van der Waals surface area contributed by atoms with Crippen LogP contribution in [0.4, 0.5) is 20.6 Å². The molecule has 0 aromatic heterocycles. The van der Waals surface area contributed by atoms with Gasteiger partial charge in [-0.25, -0.2) is 19.6 Å². The molecule has 136 valence electrons. The standard InChI is InChI=1S/C16H22FN5O3/c1-11(23)18-8-13-9-22(16(24)25-13)12-3-4-15(14(17)7-12)21-6-5-20(2)19-10-21/h3-4,7,13,19H,5-6,8-10H2,1-2H3,(H,18,23). The van der Waals surface area contributed by atoms with Gasteiger partial charge in [-0.3, -0.25) is 9.69 Å². The molecule has 0 aliphatic carbocycles. The molecule has 2 saturated heterocycles. The van der Waals surface area contributed by atoms with Gasteiger partial charge in [-0.2, -0.15) is 0 Å². The maximum Gasteiger partial charge on any atom is 0.414 e. The first-order valence-corrected chi connectivity index (χ1v) is 8.16. The first kappa shape index (κ1) is 17.4. The Morgan fingerprint density at radius 2 is 2.24 bits per heavy atom. The first-order valence-electron chi connectivity index (χ1n) is 8.16. The summed E-state index contributed by atoms with van der Waals surface area (Å²) < 4.78 is 19.7. The summed E-state index contributed by atoms with van der Waals surface area (Å²) in [5.41, 5.74) is 4.07. The van der Waals surface area contributed by atoms with Crippen molar-refractivity contribution in [3.05, 3.63) is 24.0 Å². The molecule has 9 heteroatoms. The highest BCUT2D eigenvalue weighted by Crippen LogP contribution is 2.28. The van der Waals surface area contributed by atoms with Crippen molar-refractivity contribution in [2.45, 2.75) is 13.0 Å². The Labute approximate surface area is 145 Å². The number of anilines is 2. The second-order valence-corrected chi connectivity index (χ2v) is 6.19. The van der Waals surface area contributed by atoms with Gasteiger partial charge in [0.1, 0.15) is 11.9 Å². The molecule has 0 saturated carbocycles. The second kappa shape index (κ2) is 7.24. The zero-order chi connectivity index (χ0) is 18.0. The van der Waals surface area contributed by atoms with Gasteiger partial charge < -0.3 is 15.0 Å². The van der Waals surface area contributed by atoms with Gasteiger partial charge in [0.15, 0.2) is 0 Å². The number of amides is 2. The molecule has 0 bridgehead atoms. The Balaban J connectivity index is 1.68. The van der Waals surface area contributed by atoms with E-state index in [1.807, 2.05) is 17.0 Å². The molecule has 0 radical (unpaired) electrons. The number of carbonyl (C=O) groups is 2. The highest BCUT2D eigenvalue weighted by molar-refractivity contribution is 5.90. The van der Waals surface area contributed by atoms with Crippen LogP contribution in [0.1, 0.15) is 6.92 Å². The van der Waals surface area contributed by atoms with E-state index in [2.05, 4.69) is 10.7 Å². The molecule has 2 heterocycles. The minimum absolute atomic E-state index is 0.189. The van der Waals surface area contributed by atoms with Gasteiger partial charge in [0.05, 0.1) is 31.1 Å². The van der Waals surface area contributed by atoms with E-state index in [9.17, 15) is 14.0 Å². The maximum absolute atomic E-state index is 14.5. The average molecular weight is 351 g/mol. The lowest BCUT2D eigenvalue weighted by atomic mass is 10.2. The smallest absolute Gasteiger partial charge is 0.414 e. The highest BCUT2D eigenvalue weighted by Gasteiger charge is 2.33. The molecule has 1 unspecified atom stereocenters. The highest BCUT2D eigenvalue weighted by atomic mass is 19.1. The summed E-state index contributed by atoms with van der Waals surface area (Å²) in [6.45, 7) is 3.93. The minimum Gasteiger partial charge on any atom is -0.442 e. The van der Waals surface area contributed by atoms with E-state index >= 15 is 0 Å². The molecule has 2 N–H and O–H groups in total. The van der Waals surface area contributed by atoms with E-state index in [-0.39, 0.29) is 24.8 Å². The number of likely N-dealkylation sites (N-methyl/N-ethyl adjacent to an activating group) is 1. The van der Waals surface area contributed by atoms with E-state index in [1.165, 1.54) is 17.9 Å². The SMILES string of the molecule is CC(=O)NCC1CN(c2ccc(N3CCN(C)NC3)c(F)c2)C(=O)O1. The lowest BCUT2D eigenvalue weighted by molar-refractivity contribution is -0.119. The van der Waals surface area contributed by atoms with Crippen molar-refractivity contribution in [2.24, 2.45) is 0 Å². The quantitative estimate of drug-likeness (QED) is 0.823. The summed E-state index contributed by atoms with van der Waals surface area (Å²) in [4.78, 5) is 26.2. The molecule has 2 aliphatic rings. The van der Waals surface area contributed by atoms with E-state index in [1.54, 1.807) is 12.1 Å². The van der Waals surface area contributed by atoms with Crippen LogP contribution in [0.5, 0.6) is 0 Å². The van der Waals surface area contributed by atoms with Crippen LogP contribution in [0.15, 0.2) is 18.2 Å². The lowest BCUT2D eigenvalue weighted by Crippen LogP contribution is -2.52. The number of cyclic esters (lactones) is 1. The van der Waals surface area contributed by atoms with Gasteiger partial charge in [-0.1, -0.05) is 0 Å². The molecule has 3 rings (SSSR count). The number of hydrogen-bond acceptors (Lipinski definition) is 6. The fourth-order valence-corrected chi connectivity index (χ4v) is 2.86. The number of benzene rings is 1. The zero-order valence-corrected chi connectivity index (χ0v) is 14.3. The number of halogens is 1. The maximum atomic E-state index is 14.5. The van der Waals surface area contributed by atoms with Crippen LogP contribution in [0.2, 0.25) is 0 Å². The normalized spacial score (nSPS) is 21.4. The molecular formula is C16H22FN5O3. The number of nitrogens with zero attached hydrogens (tertiary/aromatic N) is 3. The van der Waals surface area contributed by atoms with Crippen molar-refractivity contribution in [3.8, 4) is 0 Å². The molecule has 25 heavy (non-hydrogen) atoms. The van der Waals surface area contributed by atoms with Crippen LogP contribution in [0, 0.1) is 5.82 Å². The Kier molecular flexibility index (Phi) is 5.05. The summed E-state index contributed by atoms with van der Waals surface area (Å²) >= 11 is 0. The van der Waals surface area contributed by atoms with E-state index in [4.69, 9.17) is 4.74 Å². The average Bonchev–Trinajstić information content (AvgIpc) is 2.95. The molecule has 1 atom stereocenters. The largest absolute Gasteiger partial charge is 0.442 e. The molecule has 1 aromatic rings. The van der Waals surface area contributed by atoms with Crippen molar-refractivity contribution in [2.75, 3.05) is 49.7 Å². The minimum atomic E-state index is -0.538. The van der Waals surface area contributed by atoms with Crippen LogP contribution in [0.25, 0.3) is 0 Å². The van der Waals surface area contributed by atoms with E-state index < -0.39 is 12.2 Å². The Hall–Kier alpha value is -2.39. The molecule has 0 spiro atoms. The van der Waals surface area contributed by atoms with Crippen molar-refractivity contribution in [1.29, 1.82) is 0 Å². The predicted octanol–water partition coefficient (Wildman–Crippen LogP) is 0.501. The number of ether oxygens (including phenoxy) is 1. The zero-order valence-electron chi connectivity index (χ0n) is 14.3. The number of carbonyl (C=O) groups excluding carboxylic acids is 2. The van der Waals surface area contributed by atoms with Gasteiger partial charge in [0.25, 0.3) is 0 Å². The molecule has 1 aromatic carbocycles. The fourth-order valence-electron chi connectivity index (χ4n) is 2.86. The molecule has 2 amide bonds. The summed E-state index contributed by atoms with van der Waals surface area (Å²) in [5.74, 6) is -0.576. The van der Waals surface area contributed by atoms with Gasteiger partial charge in [0, 0.05) is 27.1 Å². The van der Waals surface area contributed by atoms with E-state index in [0.29, 0.717) is 24.6 Å². The number of nitrogens with one attached hydrogen (secondary N) is 2. The Morgan fingerprint density at radius 1 is 1.44 bits per heavy atom. The van der Waals surface area contributed by atoms with Crippen LogP contribution in [-0.2, 0) is 9.53 Å². The number of hydrazine groups is 1. The summed E-state index contributed by atoms with van der Waals surface area (Å²) in [6, 6.07) is 4.72. The van der Waals surface area contributed by atoms with Crippen LogP contribution in [-0.4, -0.2) is 63.0 Å². The second-order valence-electron chi connectivity index (χ2n) is 6.19. The summed E-state index contributed by atoms with van der Waals surface area (Å²) in [7, 11) is 1.94. The topological polar surface area (TPSA) is 77.2 Å². The van der Waals surface area contributed by atoms with Crippen molar-refractivity contribution in [3.63, 3.8) is 0 Å². The monoisotopic (exact) mass is 351 g/mol. The molecular weight excluding hydrogens is 329 g/mol. The summed E-state index contributed by atoms with van der Waals surface area (Å²) in [5, 5.41) is 4.57. The lowest BCUT2D eigenvalue weighted by Gasteiger charge is -2.35. The van der Waals surface area contributed by atoms with Crippen molar-refractivity contribution in [1.82, 2.24) is 15.8 Å². The van der Waals surface area contributed by atoms with Gasteiger partial charge in [-0.05, 0) is 18.2 Å². The summed E-state index contributed by atoms with van der Waals surface area (Å²) in [6.07, 6.45) is -0.982. The third-order valence-corrected chi connectivity index (χ3v) is 4.27. The third kappa shape index (κ3) is 3.99. The molecule has 8 nitrogen and oxygen atoms in total. The van der Waals surface area contributed by atoms with Crippen LogP contribution >= 0.6 is 0 Å². The van der Waals surface area contributed by atoms with Crippen molar-refractivity contribution >= 4 is 23.4 Å². The predicted molar refractivity (Wildman–Crippen MR) is 90.7 cm³/mol. The van der Waals surface area contributed by atoms with E-state index in [0.717, 1.165) is 6.54 Å². The molecule has 2 aliphatic heterocycles. The third-order valence-electron chi connectivity index (χ3n) is 4.27. The van der Waals surface area contributed by atoms with Gasteiger partial charge in [0.2, 0.25) is 5.91 Å². The number of rotatable bonds is 4. The molecule has 2 fully saturated rings. The first-order chi connectivity index (χ1) is 11.9. The van der Waals surface area contributed by atoms with Crippen molar-refractivity contribution < 1.29 is 18.7 Å². The van der Waals surface area contributed by atoms with Crippen LogP contribution in [0.3, 0.4) is 0 Å². The number of hydrogen-bond donors (Lipinski definition) is 2.